The molecule has 0 bridgehead atoms. The molecule has 4 N–H and O–H groups in total. The fraction of sp³-hybridized carbons (Fsp3) is 0.286. The molecule has 1 atom stereocenters. The van der Waals surface area contributed by atoms with Crippen LogP contribution in [0.15, 0.2) is 12.1 Å². The molecule has 1 aromatic heterocycles. The second-order valence-corrected chi connectivity index (χ2v) is 2.47. The van der Waals surface area contributed by atoms with Gasteiger partial charge in [-0.2, -0.15) is 4.39 Å². The first-order chi connectivity index (χ1) is 5.59. The highest BCUT2D eigenvalue weighted by atomic mass is 19.1. The summed E-state index contributed by atoms with van der Waals surface area (Å²) in [7, 11) is 0. The monoisotopic (exact) mass is 172 g/mol. The largest absolute Gasteiger partial charge is 0.481 e. The summed E-state index contributed by atoms with van der Waals surface area (Å²) >= 11 is 0. The number of H-pyrrole nitrogens is 1. The molecule has 0 aliphatic heterocycles. The van der Waals surface area contributed by atoms with E-state index in [0.29, 0.717) is 5.69 Å². The smallest absolute Gasteiger partial charge is 0.305 e. The van der Waals surface area contributed by atoms with E-state index in [9.17, 15) is 9.18 Å². The maximum absolute atomic E-state index is 12.4. The zero-order valence-electron chi connectivity index (χ0n) is 6.25. The van der Waals surface area contributed by atoms with Crippen LogP contribution in [0.5, 0.6) is 0 Å². The Labute approximate surface area is 68.2 Å². The van der Waals surface area contributed by atoms with Gasteiger partial charge in [0.25, 0.3) is 0 Å². The number of rotatable bonds is 3. The normalized spacial score (nSPS) is 12.8. The van der Waals surface area contributed by atoms with Crippen molar-refractivity contribution in [2.75, 3.05) is 0 Å². The predicted octanol–water partition coefficient (Wildman–Crippen LogP) is 0.628. The molecule has 0 aliphatic rings. The van der Waals surface area contributed by atoms with E-state index in [4.69, 9.17) is 10.8 Å². The Hall–Kier alpha value is -1.36. The summed E-state index contributed by atoms with van der Waals surface area (Å²) in [6, 6.07) is 1.96. The van der Waals surface area contributed by atoms with Crippen molar-refractivity contribution in [3.05, 3.63) is 23.8 Å². The minimum absolute atomic E-state index is 0.208. The molecule has 1 heterocycles. The van der Waals surface area contributed by atoms with Crippen molar-refractivity contribution >= 4 is 5.97 Å². The number of hydrogen-bond donors (Lipinski definition) is 3. The third kappa shape index (κ3) is 2.06. The highest BCUT2D eigenvalue weighted by Crippen LogP contribution is 2.12. The molecule has 4 nitrogen and oxygen atoms in total. The van der Waals surface area contributed by atoms with Crippen LogP contribution >= 0.6 is 0 Å². The van der Waals surface area contributed by atoms with Crippen molar-refractivity contribution < 1.29 is 14.3 Å². The number of nitrogens with one attached hydrogen (secondary N) is 1. The van der Waals surface area contributed by atoms with Gasteiger partial charge in [-0.05, 0) is 12.1 Å². The molecule has 0 amide bonds. The Balaban J connectivity index is 2.64. The Morgan fingerprint density at radius 3 is 2.83 bits per heavy atom. The Morgan fingerprint density at radius 1 is 1.75 bits per heavy atom. The number of carboxylic acid groups (broad SMARTS) is 1. The van der Waals surface area contributed by atoms with Gasteiger partial charge in [-0.1, -0.05) is 0 Å². The molecule has 1 rings (SSSR count). The van der Waals surface area contributed by atoms with Gasteiger partial charge in [-0.3, -0.25) is 4.79 Å². The average Bonchev–Trinajstić information content (AvgIpc) is 2.34. The summed E-state index contributed by atoms with van der Waals surface area (Å²) in [6.07, 6.45) is -0.208. The van der Waals surface area contributed by atoms with Crippen LogP contribution in [0, 0.1) is 5.95 Å². The number of hydrogen-bond acceptors (Lipinski definition) is 2. The van der Waals surface area contributed by atoms with Gasteiger partial charge in [0.2, 0.25) is 0 Å². The van der Waals surface area contributed by atoms with Crippen molar-refractivity contribution in [2.24, 2.45) is 5.73 Å². The lowest BCUT2D eigenvalue weighted by molar-refractivity contribution is -0.137. The van der Waals surface area contributed by atoms with Crippen molar-refractivity contribution in [3.8, 4) is 0 Å². The lowest BCUT2D eigenvalue weighted by Crippen LogP contribution is -2.15. The van der Waals surface area contributed by atoms with Gasteiger partial charge in [0, 0.05) is 5.69 Å². The topological polar surface area (TPSA) is 79.1 Å². The number of halogens is 1. The van der Waals surface area contributed by atoms with Gasteiger partial charge in [0.05, 0.1) is 12.5 Å². The SMILES string of the molecule is N[C@@H](CC(=O)O)c1ccc(F)[nH]1. The molecule has 0 saturated carbocycles. The first-order valence-corrected chi connectivity index (χ1v) is 3.41. The van der Waals surface area contributed by atoms with Gasteiger partial charge in [-0.15, -0.1) is 0 Å². The fourth-order valence-corrected chi connectivity index (χ4v) is 0.899. The van der Waals surface area contributed by atoms with E-state index in [1.54, 1.807) is 0 Å². The molecule has 12 heavy (non-hydrogen) atoms. The van der Waals surface area contributed by atoms with Gasteiger partial charge in [0.15, 0.2) is 5.95 Å². The molecule has 66 valence electrons. The number of carbonyl (C=O) groups is 1. The van der Waals surface area contributed by atoms with Crippen LogP contribution in [-0.4, -0.2) is 16.1 Å². The molecular formula is C7H9FN2O2. The third-order valence-corrected chi connectivity index (χ3v) is 1.47. The van der Waals surface area contributed by atoms with Crippen molar-refractivity contribution in [1.29, 1.82) is 0 Å². The summed E-state index contributed by atoms with van der Waals surface area (Å²) in [4.78, 5) is 12.5. The standard InChI is InChI=1S/C7H9FN2O2/c8-6-2-1-5(10-6)4(9)3-7(11)12/h1-2,4,10H,3,9H2,(H,11,12)/t4-/m0/s1. The molecule has 0 spiro atoms. The molecule has 0 radical (unpaired) electrons. The van der Waals surface area contributed by atoms with Crippen LogP contribution in [-0.2, 0) is 4.79 Å². The van der Waals surface area contributed by atoms with Gasteiger partial charge < -0.3 is 15.8 Å². The van der Waals surface area contributed by atoms with Crippen molar-refractivity contribution in [2.45, 2.75) is 12.5 Å². The zero-order chi connectivity index (χ0) is 9.14. The Morgan fingerprint density at radius 2 is 2.42 bits per heavy atom. The van der Waals surface area contributed by atoms with Crippen molar-refractivity contribution in [1.82, 2.24) is 4.98 Å². The van der Waals surface area contributed by atoms with Crippen LogP contribution in [0.4, 0.5) is 4.39 Å². The first-order valence-electron chi connectivity index (χ1n) is 3.41. The van der Waals surface area contributed by atoms with E-state index in [1.165, 1.54) is 12.1 Å². The lowest BCUT2D eigenvalue weighted by Gasteiger charge is -2.04. The Kier molecular flexibility index (Phi) is 2.44. The number of nitrogens with two attached hydrogens (primary N) is 1. The second kappa shape index (κ2) is 3.36. The minimum atomic E-state index is -1.00. The molecular weight excluding hydrogens is 163 g/mol. The van der Waals surface area contributed by atoms with E-state index in [-0.39, 0.29) is 6.42 Å². The van der Waals surface area contributed by atoms with Crippen LogP contribution in [0.3, 0.4) is 0 Å². The lowest BCUT2D eigenvalue weighted by atomic mass is 10.1. The van der Waals surface area contributed by atoms with E-state index in [0.717, 1.165) is 0 Å². The van der Waals surface area contributed by atoms with Gasteiger partial charge >= 0.3 is 5.97 Å². The Bertz CT molecular complexity index is 285. The van der Waals surface area contributed by atoms with Gasteiger partial charge in [-0.25, -0.2) is 0 Å². The van der Waals surface area contributed by atoms with Crippen LogP contribution in [0.2, 0.25) is 0 Å². The molecule has 1 aromatic rings. The highest BCUT2D eigenvalue weighted by Gasteiger charge is 2.11. The average molecular weight is 172 g/mol. The van der Waals surface area contributed by atoms with Crippen LogP contribution < -0.4 is 5.73 Å². The van der Waals surface area contributed by atoms with E-state index in [1.807, 2.05) is 0 Å². The maximum atomic E-state index is 12.4. The number of carboxylic acids is 1. The summed E-state index contributed by atoms with van der Waals surface area (Å²) in [6.45, 7) is 0. The first kappa shape index (κ1) is 8.73. The highest BCUT2D eigenvalue weighted by molar-refractivity contribution is 5.67. The predicted molar refractivity (Wildman–Crippen MR) is 39.9 cm³/mol. The van der Waals surface area contributed by atoms with Crippen molar-refractivity contribution in [3.63, 3.8) is 0 Å². The van der Waals surface area contributed by atoms with Crippen LogP contribution in [0.25, 0.3) is 0 Å². The molecule has 0 unspecified atom stereocenters. The molecule has 5 heteroatoms. The molecule has 0 aromatic carbocycles. The number of aromatic amines is 1. The van der Waals surface area contributed by atoms with E-state index < -0.39 is 18.0 Å². The molecule has 0 aliphatic carbocycles. The number of aromatic nitrogens is 1. The van der Waals surface area contributed by atoms with E-state index >= 15 is 0 Å². The second-order valence-electron chi connectivity index (χ2n) is 2.47. The quantitative estimate of drug-likeness (QED) is 0.625. The van der Waals surface area contributed by atoms with E-state index in [2.05, 4.69) is 4.98 Å². The van der Waals surface area contributed by atoms with Crippen LogP contribution in [0.1, 0.15) is 18.2 Å². The maximum Gasteiger partial charge on any atom is 0.305 e. The molecule has 0 saturated heterocycles. The third-order valence-electron chi connectivity index (χ3n) is 1.47. The molecule has 0 fully saturated rings. The minimum Gasteiger partial charge on any atom is -0.481 e. The fourth-order valence-electron chi connectivity index (χ4n) is 0.899. The summed E-state index contributed by atoms with van der Waals surface area (Å²) in [5, 5.41) is 8.36. The van der Waals surface area contributed by atoms with Gasteiger partial charge in [0.1, 0.15) is 0 Å². The summed E-state index contributed by atoms with van der Waals surface area (Å²) in [5.41, 5.74) is 5.83. The summed E-state index contributed by atoms with van der Waals surface area (Å²) in [5.74, 6) is -1.51. The number of aliphatic carboxylic acids is 1. The zero-order valence-corrected chi connectivity index (χ0v) is 6.25. The summed E-state index contributed by atoms with van der Waals surface area (Å²) < 4.78 is 12.4.